The average Bonchev–Trinajstić information content (AvgIpc) is 3.54. The van der Waals surface area contributed by atoms with Gasteiger partial charge in [0.2, 0.25) is 11.7 Å². The van der Waals surface area contributed by atoms with Gasteiger partial charge in [0, 0.05) is 51.2 Å². The van der Waals surface area contributed by atoms with Crippen molar-refractivity contribution in [1.82, 2.24) is 14.5 Å². The van der Waals surface area contributed by atoms with Gasteiger partial charge in [-0.2, -0.15) is 0 Å². The van der Waals surface area contributed by atoms with Crippen LogP contribution in [0.2, 0.25) is 10.0 Å². The number of nitrogens with zero attached hydrogens (tertiary/aromatic N) is 4. The molecule has 2 aliphatic rings. The Morgan fingerprint density at radius 2 is 1.83 bits per heavy atom. The van der Waals surface area contributed by atoms with Crippen molar-refractivity contribution in [2.24, 2.45) is 0 Å². The highest BCUT2D eigenvalue weighted by Gasteiger charge is 2.46. The highest BCUT2D eigenvalue weighted by atomic mass is 35.5. The van der Waals surface area contributed by atoms with E-state index in [4.69, 9.17) is 37.4 Å². The van der Waals surface area contributed by atoms with Gasteiger partial charge in [0.05, 0.1) is 35.1 Å². The third-order valence-corrected chi connectivity index (χ3v) is 7.15. The van der Waals surface area contributed by atoms with Gasteiger partial charge in [-0.3, -0.25) is 4.79 Å². The van der Waals surface area contributed by atoms with Gasteiger partial charge in [-0.15, -0.1) is 0 Å². The van der Waals surface area contributed by atoms with E-state index in [-0.39, 0.29) is 12.0 Å². The van der Waals surface area contributed by atoms with E-state index in [1.807, 2.05) is 39.9 Å². The van der Waals surface area contributed by atoms with Crippen LogP contribution in [0, 0.1) is 0 Å². The molecule has 0 N–H and O–H groups in total. The third kappa shape index (κ3) is 5.32. The van der Waals surface area contributed by atoms with E-state index in [9.17, 15) is 4.79 Å². The molecular formula is C26H28Cl2N4O4. The molecule has 5 rings (SSSR count). The van der Waals surface area contributed by atoms with Crippen LogP contribution in [0.4, 0.5) is 5.69 Å². The number of amides is 1. The van der Waals surface area contributed by atoms with Crippen LogP contribution in [-0.2, 0) is 26.6 Å². The van der Waals surface area contributed by atoms with E-state index in [2.05, 4.69) is 9.88 Å². The topological polar surface area (TPSA) is 69.1 Å². The van der Waals surface area contributed by atoms with Crippen molar-refractivity contribution in [1.29, 1.82) is 0 Å². The Hall–Kier alpha value is -2.78. The maximum atomic E-state index is 11.6. The van der Waals surface area contributed by atoms with Gasteiger partial charge >= 0.3 is 0 Å². The van der Waals surface area contributed by atoms with Crippen molar-refractivity contribution in [2.45, 2.75) is 25.4 Å². The lowest BCUT2D eigenvalue weighted by molar-refractivity contribution is -0.189. The second-order valence-corrected chi connectivity index (χ2v) is 9.75. The molecule has 0 radical (unpaired) electrons. The van der Waals surface area contributed by atoms with Crippen LogP contribution in [0.25, 0.3) is 0 Å². The molecule has 8 nitrogen and oxygen atoms in total. The van der Waals surface area contributed by atoms with E-state index in [0.29, 0.717) is 35.4 Å². The van der Waals surface area contributed by atoms with Gasteiger partial charge in [0.1, 0.15) is 18.5 Å². The van der Waals surface area contributed by atoms with E-state index in [1.165, 1.54) is 0 Å². The molecule has 2 unspecified atom stereocenters. The molecule has 1 aromatic heterocycles. The summed E-state index contributed by atoms with van der Waals surface area (Å²) in [5, 5.41) is 0.952. The number of ether oxygens (including phenoxy) is 3. The molecule has 0 spiro atoms. The van der Waals surface area contributed by atoms with Crippen molar-refractivity contribution >= 4 is 34.8 Å². The number of hydrogen-bond donors (Lipinski definition) is 0. The first-order valence-electron chi connectivity index (χ1n) is 11.9. The van der Waals surface area contributed by atoms with Crippen molar-refractivity contribution < 1.29 is 19.0 Å². The first-order valence-corrected chi connectivity index (χ1v) is 12.6. The lowest BCUT2D eigenvalue weighted by Crippen LogP contribution is -2.48. The standard InChI is InChI=1S/C26H28Cl2N4O4/c1-19(33)31-11-13-32(14-12-31)20-5-7-21(8-6-20)34-15-22-16-35-26(36-22,17-30-10-9-29-18-30)25-23(27)3-2-4-24(25)28/h2-10,18,22H,11-17H2,1H3. The number of anilines is 1. The molecule has 0 bridgehead atoms. The Morgan fingerprint density at radius 3 is 2.47 bits per heavy atom. The summed E-state index contributed by atoms with van der Waals surface area (Å²) in [4.78, 5) is 19.8. The minimum atomic E-state index is -1.16. The predicted octanol–water partition coefficient (Wildman–Crippen LogP) is 4.21. The number of hydrogen-bond acceptors (Lipinski definition) is 6. The monoisotopic (exact) mass is 530 g/mol. The minimum Gasteiger partial charge on any atom is -0.491 e. The fraction of sp³-hybridized carbons (Fsp3) is 0.385. The highest BCUT2D eigenvalue weighted by Crippen LogP contribution is 2.43. The number of halogens is 2. The normalized spacial score (nSPS) is 22.1. The second kappa shape index (κ2) is 10.7. The second-order valence-electron chi connectivity index (χ2n) is 8.93. The quantitative estimate of drug-likeness (QED) is 0.455. The lowest BCUT2D eigenvalue weighted by atomic mass is 10.1. The highest BCUT2D eigenvalue weighted by molar-refractivity contribution is 6.36. The Morgan fingerprint density at radius 1 is 1.11 bits per heavy atom. The van der Waals surface area contributed by atoms with Gasteiger partial charge in [0.25, 0.3) is 0 Å². The van der Waals surface area contributed by atoms with Crippen molar-refractivity contribution in [3.63, 3.8) is 0 Å². The molecule has 2 atom stereocenters. The number of piperazine rings is 1. The Bertz CT molecular complexity index is 1160. The van der Waals surface area contributed by atoms with Gasteiger partial charge in [-0.05, 0) is 36.4 Å². The summed E-state index contributed by atoms with van der Waals surface area (Å²) in [6.45, 7) is 5.71. The first-order chi connectivity index (χ1) is 17.4. The summed E-state index contributed by atoms with van der Waals surface area (Å²) in [5.74, 6) is -0.286. The molecule has 10 heteroatoms. The fourth-order valence-corrected chi connectivity index (χ4v) is 5.33. The SMILES string of the molecule is CC(=O)N1CCN(c2ccc(OCC3COC(Cn4ccnc4)(c4c(Cl)cccc4Cl)O3)cc2)CC1. The number of rotatable bonds is 7. The van der Waals surface area contributed by atoms with Crippen LogP contribution in [0.1, 0.15) is 12.5 Å². The van der Waals surface area contributed by atoms with Crippen LogP contribution < -0.4 is 9.64 Å². The average molecular weight is 531 g/mol. The maximum absolute atomic E-state index is 11.6. The number of carbonyl (C=O) groups is 1. The van der Waals surface area contributed by atoms with Crippen LogP contribution >= 0.6 is 23.2 Å². The van der Waals surface area contributed by atoms with Gasteiger partial charge in [0.15, 0.2) is 0 Å². The van der Waals surface area contributed by atoms with Gasteiger partial charge < -0.3 is 28.6 Å². The Kier molecular flexibility index (Phi) is 7.39. The summed E-state index contributed by atoms with van der Waals surface area (Å²) in [6, 6.07) is 13.3. The fourth-order valence-electron chi connectivity index (χ4n) is 4.64. The summed E-state index contributed by atoms with van der Waals surface area (Å²) in [6.07, 6.45) is 4.92. The molecule has 3 heterocycles. The first kappa shape index (κ1) is 24.9. The van der Waals surface area contributed by atoms with Gasteiger partial charge in [-0.1, -0.05) is 29.3 Å². The largest absolute Gasteiger partial charge is 0.491 e. The van der Waals surface area contributed by atoms with Crippen LogP contribution in [-0.4, -0.2) is 65.9 Å². The van der Waals surface area contributed by atoms with Crippen LogP contribution in [0.15, 0.2) is 61.2 Å². The summed E-state index contributed by atoms with van der Waals surface area (Å²) >= 11 is 13.1. The molecule has 190 valence electrons. The van der Waals surface area contributed by atoms with Crippen molar-refractivity contribution in [3.05, 3.63) is 76.8 Å². The molecule has 36 heavy (non-hydrogen) atoms. The molecule has 2 fully saturated rings. The summed E-state index contributed by atoms with van der Waals surface area (Å²) in [7, 11) is 0. The smallest absolute Gasteiger partial charge is 0.219 e. The number of benzene rings is 2. The third-order valence-electron chi connectivity index (χ3n) is 6.52. The van der Waals surface area contributed by atoms with E-state index < -0.39 is 5.79 Å². The predicted molar refractivity (Wildman–Crippen MR) is 138 cm³/mol. The Labute approximate surface area is 220 Å². The van der Waals surface area contributed by atoms with Crippen molar-refractivity contribution in [2.75, 3.05) is 44.3 Å². The van der Waals surface area contributed by atoms with E-state index in [0.717, 1.165) is 37.6 Å². The lowest BCUT2D eigenvalue weighted by Gasteiger charge is -2.35. The molecule has 1 amide bonds. The zero-order chi connectivity index (χ0) is 25.1. The zero-order valence-electron chi connectivity index (χ0n) is 20.0. The van der Waals surface area contributed by atoms with Gasteiger partial charge in [-0.25, -0.2) is 4.98 Å². The van der Waals surface area contributed by atoms with E-state index in [1.54, 1.807) is 37.6 Å². The van der Waals surface area contributed by atoms with Crippen LogP contribution in [0.5, 0.6) is 5.75 Å². The molecule has 3 aromatic rings. The number of carbonyl (C=O) groups excluding carboxylic acids is 1. The summed E-state index contributed by atoms with van der Waals surface area (Å²) in [5.41, 5.74) is 1.71. The summed E-state index contributed by atoms with van der Waals surface area (Å²) < 4.78 is 20.6. The molecule has 2 aliphatic heterocycles. The molecular weight excluding hydrogens is 503 g/mol. The zero-order valence-corrected chi connectivity index (χ0v) is 21.5. The molecule has 0 saturated carbocycles. The van der Waals surface area contributed by atoms with Crippen molar-refractivity contribution in [3.8, 4) is 5.75 Å². The Balaban J connectivity index is 1.23. The molecule has 2 aromatic carbocycles. The van der Waals surface area contributed by atoms with E-state index >= 15 is 0 Å². The maximum Gasteiger partial charge on any atom is 0.219 e. The minimum absolute atomic E-state index is 0.127. The number of imidazole rings is 1. The molecule has 2 saturated heterocycles. The molecule has 0 aliphatic carbocycles. The van der Waals surface area contributed by atoms with Crippen LogP contribution in [0.3, 0.4) is 0 Å². The number of aromatic nitrogens is 2.